The molecule has 42 heavy (non-hydrogen) atoms. The number of nitrogens with zero attached hydrogens (tertiary/aromatic N) is 1. The van der Waals surface area contributed by atoms with Crippen LogP contribution in [0.3, 0.4) is 0 Å². The maximum absolute atomic E-state index is 14.9. The molecule has 2 unspecified atom stereocenters. The highest BCUT2D eigenvalue weighted by molar-refractivity contribution is 7.85. The zero-order valence-corrected chi connectivity index (χ0v) is 27.7. The fourth-order valence-electron chi connectivity index (χ4n) is 12.3. The smallest absolute Gasteiger partial charge is 0.145 e. The fraction of sp³-hybridized carbons (Fsp3) is 0.730. The van der Waals surface area contributed by atoms with Crippen molar-refractivity contribution in [2.24, 2.45) is 50.7 Å². The molecule has 1 aromatic carbocycles. The summed E-state index contributed by atoms with van der Waals surface area (Å²) in [6.07, 6.45) is 11.4. The van der Waals surface area contributed by atoms with Crippen molar-refractivity contribution in [2.45, 2.75) is 117 Å². The molecule has 0 aliphatic heterocycles. The normalized spacial score (nSPS) is 44.1. The predicted molar refractivity (Wildman–Crippen MR) is 167 cm³/mol. The quantitative estimate of drug-likeness (QED) is 0.360. The summed E-state index contributed by atoms with van der Waals surface area (Å²) in [7, 11) is -1.05. The Morgan fingerprint density at radius 1 is 0.905 bits per heavy atom. The van der Waals surface area contributed by atoms with Crippen LogP contribution in [0.25, 0.3) is 0 Å². The molecule has 0 N–H and O–H groups in total. The van der Waals surface area contributed by atoms with Crippen LogP contribution in [-0.4, -0.2) is 20.9 Å². The summed E-state index contributed by atoms with van der Waals surface area (Å²) in [5.41, 5.74) is 1.43. The number of carbonyl (C=O) groups is 1. The minimum absolute atomic E-state index is 0.0233. The van der Waals surface area contributed by atoms with Crippen molar-refractivity contribution in [3.63, 3.8) is 0 Å². The van der Waals surface area contributed by atoms with Gasteiger partial charge in [0.1, 0.15) is 11.5 Å². The van der Waals surface area contributed by atoms with Crippen LogP contribution in [0.2, 0.25) is 0 Å². The molecule has 5 heteroatoms. The van der Waals surface area contributed by atoms with Crippen LogP contribution in [0.5, 0.6) is 0 Å². The largest absolute Gasteiger partial charge is 0.361 e. The summed E-state index contributed by atoms with van der Waals surface area (Å²) in [5, 5.41) is 4.25. The Morgan fingerprint density at radius 3 is 2.36 bits per heavy atom. The Labute approximate surface area is 255 Å². The van der Waals surface area contributed by atoms with E-state index in [2.05, 4.69) is 53.6 Å². The van der Waals surface area contributed by atoms with Gasteiger partial charge in [0.2, 0.25) is 0 Å². The van der Waals surface area contributed by atoms with E-state index in [1.165, 1.54) is 18.4 Å². The van der Waals surface area contributed by atoms with E-state index in [4.69, 9.17) is 4.52 Å². The maximum atomic E-state index is 14.9. The average molecular weight is 590 g/mol. The molecule has 0 bridgehead atoms. The second kappa shape index (κ2) is 9.14. The first-order valence-corrected chi connectivity index (χ1v) is 17.9. The van der Waals surface area contributed by atoms with Gasteiger partial charge in [0.15, 0.2) is 0 Å². The van der Waals surface area contributed by atoms with Crippen molar-refractivity contribution in [1.82, 2.24) is 5.16 Å². The number of hydrogen-bond acceptors (Lipinski definition) is 4. The molecular formula is C37H51NO3S. The predicted octanol–water partition coefficient (Wildman–Crippen LogP) is 8.56. The Kier molecular flexibility index (Phi) is 6.31. The number of Topliss-reactive ketones (excluding diaryl/α,β-unsaturated/α-hetero) is 1. The molecule has 4 saturated carbocycles. The first-order chi connectivity index (χ1) is 19.7. The van der Waals surface area contributed by atoms with E-state index in [1.54, 1.807) is 0 Å². The van der Waals surface area contributed by atoms with E-state index in [0.717, 1.165) is 49.2 Å². The molecule has 0 spiro atoms. The molecule has 5 aliphatic carbocycles. The van der Waals surface area contributed by atoms with Crippen LogP contribution in [0.4, 0.5) is 0 Å². The molecule has 2 aromatic rings. The van der Waals surface area contributed by atoms with Gasteiger partial charge in [-0.05, 0) is 108 Å². The fourth-order valence-corrected chi connectivity index (χ4v) is 13.9. The Balaban J connectivity index is 1.29. The molecular weight excluding hydrogens is 538 g/mol. The molecule has 7 rings (SSSR count). The van der Waals surface area contributed by atoms with E-state index in [9.17, 15) is 9.00 Å². The third kappa shape index (κ3) is 3.80. The van der Waals surface area contributed by atoms with Crippen LogP contribution in [-0.2, 0) is 27.4 Å². The minimum atomic E-state index is -1.05. The van der Waals surface area contributed by atoms with Crippen molar-refractivity contribution < 1.29 is 13.5 Å². The number of ketones is 1. The standard InChI is InChI=1S/C37H51NO3S/c1-32(2)15-17-37(23-42(40)25-11-9-8-10-12-25)18-16-36(7)30(26(37)21-32)27(39)19-29-34(5)20-24-22-38-41-31(24)33(3,4)28(34)13-14-35(29,36)6/h8-12,22,26,28-30H,13-21,23H2,1-7H3/t26-,28-,29+,30-,34-,35+,36+,37?,42?/m0/s1. The summed E-state index contributed by atoms with van der Waals surface area (Å²) in [5.74, 6) is 3.45. The molecule has 228 valence electrons. The SMILES string of the molecule is CC1(C)CCC2(CS(=O)c3ccccc3)CC[C@]3(C)[C@H](C(=O)C[C@@H]4[C@@]5(C)Cc6cnoc6C(C)(C)[C@@H]5CC[C@]43C)[C@@H]2C1. The molecule has 4 nitrogen and oxygen atoms in total. The Bertz CT molecular complexity index is 1430. The number of benzene rings is 1. The van der Waals surface area contributed by atoms with Crippen molar-refractivity contribution in [3.8, 4) is 0 Å². The van der Waals surface area contributed by atoms with E-state index < -0.39 is 10.8 Å². The first-order valence-electron chi connectivity index (χ1n) is 16.6. The van der Waals surface area contributed by atoms with Gasteiger partial charge in [0, 0.05) is 34.0 Å². The Hall–Kier alpha value is -1.75. The highest BCUT2D eigenvalue weighted by atomic mass is 32.2. The first kappa shape index (κ1) is 29.0. The van der Waals surface area contributed by atoms with Gasteiger partial charge in [-0.25, -0.2) is 0 Å². The van der Waals surface area contributed by atoms with Gasteiger partial charge in [0.25, 0.3) is 0 Å². The average Bonchev–Trinajstić information content (AvgIpc) is 3.40. The van der Waals surface area contributed by atoms with Crippen molar-refractivity contribution >= 4 is 16.6 Å². The highest BCUT2D eigenvalue weighted by Gasteiger charge is 2.72. The molecule has 4 fully saturated rings. The second-order valence-electron chi connectivity index (χ2n) is 17.4. The van der Waals surface area contributed by atoms with Gasteiger partial charge in [0.05, 0.1) is 17.0 Å². The monoisotopic (exact) mass is 589 g/mol. The number of rotatable bonds is 3. The van der Waals surface area contributed by atoms with Crippen LogP contribution >= 0.6 is 0 Å². The van der Waals surface area contributed by atoms with Crippen molar-refractivity contribution in [3.05, 3.63) is 47.9 Å². The molecule has 0 radical (unpaired) electrons. The summed E-state index contributed by atoms with van der Waals surface area (Å²) < 4.78 is 19.8. The minimum Gasteiger partial charge on any atom is -0.361 e. The van der Waals surface area contributed by atoms with Gasteiger partial charge in [-0.3, -0.25) is 9.00 Å². The highest BCUT2D eigenvalue weighted by Crippen LogP contribution is 2.76. The van der Waals surface area contributed by atoms with Gasteiger partial charge < -0.3 is 4.52 Å². The molecule has 1 aromatic heterocycles. The summed E-state index contributed by atoms with van der Waals surface area (Å²) in [4.78, 5) is 15.8. The lowest BCUT2D eigenvalue weighted by Gasteiger charge is -2.72. The van der Waals surface area contributed by atoms with Crippen molar-refractivity contribution in [1.29, 1.82) is 0 Å². The van der Waals surface area contributed by atoms with Gasteiger partial charge in [-0.15, -0.1) is 0 Å². The number of aromatic nitrogens is 1. The lowest BCUT2D eigenvalue weighted by atomic mass is 9.31. The maximum Gasteiger partial charge on any atom is 0.145 e. The lowest BCUT2D eigenvalue weighted by Crippen LogP contribution is -2.69. The van der Waals surface area contributed by atoms with Crippen LogP contribution < -0.4 is 0 Å². The van der Waals surface area contributed by atoms with E-state index in [-0.39, 0.29) is 38.4 Å². The van der Waals surface area contributed by atoms with Crippen LogP contribution in [0.1, 0.15) is 111 Å². The third-order valence-corrected chi connectivity index (χ3v) is 16.2. The zero-order valence-electron chi connectivity index (χ0n) is 26.9. The number of carbonyl (C=O) groups excluding carboxylic acids is 1. The third-order valence-electron chi connectivity index (χ3n) is 14.6. The zero-order chi connectivity index (χ0) is 29.9. The second-order valence-corrected chi connectivity index (χ2v) is 18.8. The van der Waals surface area contributed by atoms with Crippen molar-refractivity contribution in [2.75, 3.05) is 5.75 Å². The van der Waals surface area contributed by atoms with Gasteiger partial charge >= 0.3 is 0 Å². The Morgan fingerprint density at radius 2 is 1.62 bits per heavy atom. The molecule has 1 heterocycles. The summed E-state index contributed by atoms with van der Waals surface area (Å²) in [6.45, 7) is 17.1. The molecule has 0 saturated heterocycles. The number of hydrogen-bond donors (Lipinski definition) is 0. The van der Waals surface area contributed by atoms with Gasteiger partial charge in [-0.1, -0.05) is 71.8 Å². The molecule has 0 amide bonds. The van der Waals surface area contributed by atoms with E-state index in [0.29, 0.717) is 35.7 Å². The van der Waals surface area contributed by atoms with Crippen LogP contribution in [0, 0.1) is 50.7 Å². The van der Waals surface area contributed by atoms with E-state index in [1.807, 2.05) is 36.5 Å². The number of fused-ring (bicyclic) bond motifs is 8. The molecule has 9 atom stereocenters. The van der Waals surface area contributed by atoms with E-state index >= 15 is 0 Å². The van der Waals surface area contributed by atoms with Crippen LogP contribution in [0.15, 0.2) is 45.9 Å². The lowest BCUT2D eigenvalue weighted by molar-refractivity contribution is -0.226. The molecule has 5 aliphatic rings. The summed E-state index contributed by atoms with van der Waals surface area (Å²) in [6, 6.07) is 10.0. The van der Waals surface area contributed by atoms with Gasteiger partial charge in [-0.2, -0.15) is 0 Å². The topological polar surface area (TPSA) is 60.2 Å². The summed E-state index contributed by atoms with van der Waals surface area (Å²) >= 11 is 0.